The molecule has 152 valence electrons. The van der Waals surface area contributed by atoms with Crippen molar-refractivity contribution in [3.63, 3.8) is 0 Å². The third-order valence-corrected chi connectivity index (χ3v) is 4.91. The number of nitrogens with zero attached hydrogens (tertiary/aromatic N) is 4. The zero-order chi connectivity index (χ0) is 21.3. The SMILES string of the molecule is Cn1c(=O)[nH]c(=O)c2c1nc(N/N=C/c1ccccc1Cl)n2Cc1ccccc1F. The van der Waals surface area contributed by atoms with Crippen LogP contribution in [0.3, 0.4) is 0 Å². The number of hydrazone groups is 1. The van der Waals surface area contributed by atoms with Crippen LogP contribution < -0.4 is 16.7 Å². The second-order valence-corrected chi connectivity index (χ2v) is 6.90. The third-order valence-electron chi connectivity index (χ3n) is 4.57. The van der Waals surface area contributed by atoms with Gasteiger partial charge in [0.05, 0.1) is 12.8 Å². The van der Waals surface area contributed by atoms with E-state index in [4.69, 9.17) is 11.6 Å². The maximum absolute atomic E-state index is 14.2. The fraction of sp³-hybridized carbons (Fsp3) is 0.100. The van der Waals surface area contributed by atoms with Gasteiger partial charge in [0.1, 0.15) is 5.82 Å². The maximum atomic E-state index is 14.2. The van der Waals surface area contributed by atoms with Crippen LogP contribution in [0.5, 0.6) is 0 Å². The summed E-state index contributed by atoms with van der Waals surface area (Å²) in [7, 11) is 1.48. The number of benzene rings is 2. The molecule has 2 N–H and O–H groups in total. The Hall–Kier alpha value is -3.72. The van der Waals surface area contributed by atoms with Crippen molar-refractivity contribution in [2.45, 2.75) is 6.54 Å². The number of fused-ring (bicyclic) bond motifs is 1. The van der Waals surface area contributed by atoms with Crippen LogP contribution in [0, 0.1) is 5.82 Å². The van der Waals surface area contributed by atoms with Crippen molar-refractivity contribution in [3.05, 3.63) is 91.3 Å². The molecule has 0 bridgehead atoms. The Morgan fingerprint density at radius 2 is 1.93 bits per heavy atom. The minimum absolute atomic E-state index is 0.00834. The zero-order valence-corrected chi connectivity index (χ0v) is 16.5. The number of rotatable bonds is 5. The van der Waals surface area contributed by atoms with E-state index in [9.17, 15) is 14.0 Å². The van der Waals surface area contributed by atoms with E-state index >= 15 is 0 Å². The number of hydrogen-bond acceptors (Lipinski definition) is 5. The van der Waals surface area contributed by atoms with Gasteiger partial charge in [-0.15, -0.1) is 0 Å². The molecular formula is C20H16ClFN6O2. The molecule has 4 aromatic rings. The van der Waals surface area contributed by atoms with Gasteiger partial charge in [-0.3, -0.25) is 18.9 Å². The van der Waals surface area contributed by atoms with E-state index in [0.29, 0.717) is 16.1 Å². The van der Waals surface area contributed by atoms with Crippen LogP contribution in [0.1, 0.15) is 11.1 Å². The van der Waals surface area contributed by atoms with Gasteiger partial charge in [0.25, 0.3) is 5.56 Å². The number of nitrogens with one attached hydrogen (secondary N) is 2. The highest BCUT2D eigenvalue weighted by molar-refractivity contribution is 6.33. The Kier molecular flexibility index (Phi) is 5.20. The molecule has 0 saturated heterocycles. The van der Waals surface area contributed by atoms with E-state index in [0.717, 1.165) is 0 Å². The average Bonchev–Trinajstić information content (AvgIpc) is 3.08. The van der Waals surface area contributed by atoms with Gasteiger partial charge in [0, 0.05) is 23.2 Å². The summed E-state index contributed by atoms with van der Waals surface area (Å²) in [6.07, 6.45) is 1.50. The summed E-state index contributed by atoms with van der Waals surface area (Å²) < 4.78 is 16.9. The van der Waals surface area contributed by atoms with Crippen LogP contribution in [-0.2, 0) is 13.6 Å². The van der Waals surface area contributed by atoms with Crippen LogP contribution in [0.15, 0.2) is 63.2 Å². The molecular weight excluding hydrogens is 411 g/mol. The lowest BCUT2D eigenvalue weighted by Crippen LogP contribution is -2.29. The topological polar surface area (TPSA) is 97.1 Å². The number of anilines is 1. The van der Waals surface area contributed by atoms with Crippen molar-refractivity contribution in [1.29, 1.82) is 0 Å². The van der Waals surface area contributed by atoms with E-state index in [1.54, 1.807) is 36.4 Å². The summed E-state index contributed by atoms with van der Waals surface area (Å²) in [6, 6.07) is 13.3. The molecule has 4 rings (SSSR count). The lowest BCUT2D eigenvalue weighted by molar-refractivity contribution is 0.602. The number of aryl methyl sites for hydroxylation is 1. The Labute approximate surface area is 174 Å². The minimum Gasteiger partial charge on any atom is -0.298 e. The molecule has 2 aromatic carbocycles. The first-order chi connectivity index (χ1) is 14.5. The fourth-order valence-corrected chi connectivity index (χ4v) is 3.19. The highest BCUT2D eigenvalue weighted by atomic mass is 35.5. The molecule has 0 aliphatic rings. The highest BCUT2D eigenvalue weighted by Crippen LogP contribution is 2.19. The molecule has 8 nitrogen and oxygen atoms in total. The van der Waals surface area contributed by atoms with Gasteiger partial charge in [-0.25, -0.2) is 14.6 Å². The largest absolute Gasteiger partial charge is 0.329 e. The van der Waals surface area contributed by atoms with Gasteiger partial charge in [0.15, 0.2) is 11.2 Å². The van der Waals surface area contributed by atoms with E-state index in [1.165, 1.54) is 28.5 Å². The lowest BCUT2D eigenvalue weighted by atomic mass is 10.2. The van der Waals surface area contributed by atoms with Crippen molar-refractivity contribution in [2.75, 3.05) is 5.43 Å². The van der Waals surface area contributed by atoms with Gasteiger partial charge in [-0.05, 0) is 12.1 Å². The molecule has 0 aliphatic heterocycles. The molecule has 30 heavy (non-hydrogen) atoms. The summed E-state index contributed by atoms with van der Waals surface area (Å²) in [6.45, 7) is 0.00834. The molecule has 0 fully saturated rings. The molecule has 2 heterocycles. The molecule has 10 heteroatoms. The molecule has 0 spiro atoms. The maximum Gasteiger partial charge on any atom is 0.329 e. The second-order valence-electron chi connectivity index (χ2n) is 6.49. The molecule has 0 radical (unpaired) electrons. The Morgan fingerprint density at radius 1 is 1.20 bits per heavy atom. The van der Waals surface area contributed by atoms with Crippen molar-refractivity contribution < 1.29 is 4.39 Å². The van der Waals surface area contributed by atoms with Crippen LogP contribution in [-0.4, -0.2) is 25.3 Å². The van der Waals surface area contributed by atoms with E-state index in [1.807, 2.05) is 6.07 Å². The number of H-pyrrole nitrogens is 1. The monoisotopic (exact) mass is 426 g/mol. The number of aromatic nitrogens is 4. The van der Waals surface area contributed by atoms with Crippen molar-refractivity contribution in [3.8, 4) is 0 Å². The third kappa shape index (κ3) is 3.62. The predicted octanol–water partition coefficient (Wildman–Crippen LogP) is 2.71. The quantitative estimate of drug-likeness (QED) is 0.379. The van der Waals surface area contributed by atoms with E-state index < -0.39 is 17.1 Å². The number of imidazole rings is 1. The zero-order valence-electron chi connectivity index (χ0n) is 15.8. The normalized spacial score (nSPS) is 11.4. The molecule has 0 amide bonds. The Bertz CT molecular complexity index is 1390. The molecule has 0 aliphatic carbocycles. The van der Waals surface area contributed by atoms with Crippen LogP contribution >= 0.6 is 11.6 Å². The first-order valence-corrected chi connectivity index (χ1v) is 9.30. The summed E-state index contributed by atoms with van der Waals surface area (Å²) in [5.74, 6) is -0.255. The van der Waals surface area contributed by atoms with Crippen LogP contribution in [0.25, 0.3) is 11.2 Å². The number of aromatic amines is 1. The average molecular weight is 427 g/mol. The Balaban J connectivity index is 1.82. The van der Waals surface area contributed by atoms with Gasteiger partial charge in [0.2, 0.25) is 5.95 Å². The predicted molar refractivity (Wildman–Crippen MR) is 114 cm³/mol. The van der Waals surface area contributed by atoms with Crippen molar-refractivity contribution in [1.82, 2.24) is 19.1 Å². The molecule has 0 atom stereocenters. The van der Waals surface area contributed by atoms with E-state index in [2.05, 4.69) is 20.5 Å². The lowest BCUT2D eigenvalue weighted by Gasteiger charge is -2.09. The van der Waals surface area contributed by atoms with Gasteiger partial charge in [-0.2, -0.15) is 10.1 Å². The summed E-state index contributed by atoms with van der Waals surface area (Å²) in [5, 5.41) is 4.65. The highest BCUT2D eigenvalue weighted by Gasteiger charge is 2.18. The number of halogens is 2. The van der Waals surface area contributed by atoms with Crippen molar-refractivity contribution in [2.24, 2.45) is 12.1 Å². The summed E-state index contributed by atoms with van der Waals surface area (Å²) in [5.41, 5.74) is 2.83. The minimum atomic E-state index is -0.625. The smallest absolute Gasteiger partial charge is 0.298 e. The first-order valence-electron chi connectivity index (χ1n) is 8.92. The van der Waals surface area contributed by atoms with Crippen LogP contribution in [0.2, 0.25) is 5.02 Å². The molecule has 2 aromatic heterocycles. The van der Waals surface area contributed by atoms with Crippen LogP contribution in [0.4, 0.5) is 10.3 Å². The summed E-state index contributed by atoms with van der Waals surface area (Å²) in [4.78, 5) is 31.0. The first kappa shape index (κ1) is 19.6. The van der Waals surface area contributed by atoms with Gasteiger partial charge < -0.3 is 0 Å². The van der Waals surface area contributed by atoms with Crippen molar-refractivity contribution >= 4 is 34.9 Å². The standard InChI is InChI=1S/C20H16ClFN6O2/c1-27-17-16(18(29)25-20(27)30)28(11-13-7-3-5-9-15(13)22)19(24-17)26-23-10-12-6-2-4-8-14(12)21/h2-10H,11H2,1H3,(H,24,26)(H,25,29,30)/b23-10+. The second kappa shape index (κ2) is 7.96. The number of hydrogen-bond donors (Lipinski definition) is 2. The van der Waals surface area contributed by atoms with E-state index in [-0.39, 0.29) is 23.7 Å². The fourth-order valence-electron chi connectivity index (χ4n) is 3.01. The summed E-state index contributed by atoms with van der Waals surface area (Å²) >= 11 is 6.12. The Morgan fingerprint density at radius 3 is 2.70 bits per heavy atom. The van der Waals surface area contributed by atoms with Gasteiger partial charge >= 0.3 is 5.69 Å². The molecule has 0 unspecified atom stereocenters. The van der Waals surface area contributed by atoms with Gasteiger partial charge in [-0.1, -0.05) is 48.0 Å². The molecule has 0 saturated carbocycles.